The number of halogens is 1. The predicted octanol–water partition coefficient (Wildman–Crippen LogP) is 3.15. The van der Waals surface area contributed by atoms with Gasteiger partial charge in [0.15, 0.2) is 5.96 Å². The smallest absolute Gasteiger partial charge is 0.214 e. The van der Waals surface area contributed by atoms with Crippen molar-refractivity contribution in [1.29, 1.82) is 0 Å². The SMILES string of the molecule is CN=C(NCc1nc(C)c(C)o1)N1CCN(c2cc(Cl)ccc2C)CC1. The molecular formula is C19H26ClN5O. The van der Waals surface area contributed by atoms with Crippen LogP contribution in [0.25, 0.3) is 0 Å². The summed E-state index contributed by atoms with van der Waals surface area (Å²) >= 11 is 6.17. The van der Waals surface area contributed by atoms with Crippen molar-refractivity contribution >= 4 is 23.2 Å². The van der Waals surface area contributed by atoms with Gasteiger partial charge < -0.3 is 19.5 Å². The second kappa shape index (κ2) is 7.99. The predicted molar refractivity (Wildman–Crippen MR) is 106 cm³/mol. The fraction of sp³-hybridized carbons (Fsp3) is 0.474. The topological polar surface area (TPSA) is 56.9 Å². The molecule has 0 radical (unpaired) electrons. The van der Waals surface area contributed by atoms with Crippen molar-refractivity contribution in [2.75, 3.05) is 38.1 Å². The summed E-state index contributed by atoms with van der Waals surface area (Å²) in [4.78, 5) is 13.5. The van der Waals surface area contributed by atoms with Crippen molar-refractivity contribution in [2.45, 2.75) is 27.3 Å². The van der Waals surface area contributed by atoms with Gasteiger partial charge in [-0.1, -0.05) is 17.7 Å². The largest absolute Gasteiger partial charge is 0.444 e. The zero-order valence-electron chi connectivity index (χ0n) is 15.8. The molecule has 2 heterocycles. The van der Waals surface area contributed by atoms with E-state index < -0.39 is 0 Å². The van der Waals surface area contributed by atoms with Crippen LogP contribution < -0.4 is 10.2 Å². The van der Waals surface area contributed by atoms with Crippen molar-refractivity contribution < 1.29 is 4.42 Å². The molecule has 3 rings (SSSR count). The van der Waals surface area contributed by atoms with Crippen LogP contribution in [0.4, 0.5) is 5.69 Å². The molecular weight excluding hydrogens is 350 g/mol. The van der Waals surface area contributed by atoms with Gasteiger partial charge in [0, 0.05) is 43.9 Å². The number of hydrogen-bond acceptors (Lipinski definition) is 4. The summed E-state index contributed by atoms with van der Waals surface area (Å²) in [6, 6.07) is 6.06. The Balaban J connectivity index is 1.58. The lowest BCUT2D eigenvalue weighted by atomic mass is 10.1. The standard InChI is InChI=1S/C19H26ClN5O/c1-13-5-6-16(20)11-17(13)24-7-9-25(10-8-24)19(21-4)22-12-18-23-14(2)15(3)26-18/h5-6,11H,7-10,12H2,1-4H3,(H,21,22). The van der Waals surface area contributed by atoms with Crippen LogP contribution in [-0.4, -0.2) is 49.1 Å². The summed E-state index contributed by atoms with van der Waals surface area (Å²) in [6.45, 7) is 10.2. The Bertz CT molecular complexity index is 774. The van der Waals surface area contributed by atoms with E-state index in [-0.39, 0.29) is 0 Å². The highest BCUT2D eigenvalue weighted by Crippen LogP contribution is 2.25. The van der Waals surface area contributed by atoms with Gasteiger partial charge in [0.1, 0.15) is 5.76 Å². The second-order valence-corrected chi connectivity index (χ2v) is 6.99. The van der Waals surface area contributed by atoms with Gasteiger partial charge in [-0.15, -0.1) is 0 Å². The molecule has 1 aromatic carbocycles. The number of oxazole rings is 1. The first-order valence-corrected chi connectivity index (χ1v) is 9.25. The number of aliphatic imine (C=N–C) groups is 1. The van der Waals surface area contributed by atoms with E-state index in [1.807, 2.05) is 33.0 Å². The third-order valence-electron chi connectivity index (χ3n) is 4.77. The number of guanidine groups is 1. The van der Waals surface area contributed by atoms with Gasteiger partial charge in [-0.2, -0.15) is 0 Å². The van der Waals surface area contributed by atoms with Gasteiger partial charge in [0.25, 0.3) is 0 Å². The van der Waals surface area contributed by atoms with Gasteiger partial charge in [-0.25, -0.2) is 4.98 Å². The van der Waals surface area contributed by atoms with E-state index >= 15 is 0 Å². The van der Waals surface area contributed by atoms with Crippen molar-refractivity contribution in [3.05, 3.63) is 46.1 Å². The van der Waals surface area contributed by atoms with Crippen LogP contribution in [0, 0.1) is 20.8 Å². The lowest BCUT2D eigenvalue weighted by Gasteiger charge is -2.38. The summed E-state index contributed by atoms with van der Waals surface area (Å²) in [5.74, 6) is 2.43. The van der Waals surface area contributed by atoms with Gasteiger partial charge >= 0.3 is 0 Å². The maximum atomic E-state index is 6.17. The number of hydrogen-bond donors (Lipinski definition) is 1. The molecule has 1 aliphatic rings. The Morgan fingerprint density at radius 3 is 2.58 bits per heavy atom. The molecule has 7 heteroatoms. The molecule has 1 aromatic heterocycles. The van der Waals surface area contributed by atoms with Crippen LogP contribution in [0.15, 0.2) is 27.6 Å². The quantitative estimate of drug-likeness (QED) is 0.659. The number of aromatic nitrogens is 1. The number of anilines is 1. The number of nitrogens with zero attached hydrogens (tertiary/aromatic N) is 4. The number of benzene rings is 1. The van der Waals surface area contributed by atoms with E-state index in [9.17, 15) is 0 Å². The van der Waals surface area contributed by atoms with Crippen molar-refractivity contribution in [1.82, 2.24) is 15.2 Å². The number of aryl methyl sites for hydroxylation is 3. The molecule has 1 saturated heterocycles. The second-order valence-electron chi connectivity index (χ2n) is 6.55. The monoisotopic (exact) mass is 375 g/mol. The minimum absolute atomic E-state index is 0.537. The molecule has 0 spiro atoms. The molecule has 2 aromatic rings. The van der Waals surface area contributed by atoms with E-state index in [1.165, 1.54) is 11.3 Å². The Kier molecular flexibility index (Phi) is 5.71. The van der Waals surface area contributed by atoms with E-state index in [4.69, 9.17) is 16.0 Å². The van der Waals surface area contributed by atoms with Crippen molar-refractivity contribution in [3.8, 4) is 0 Å². The third kappa shape index (κ3) is 4.12. The maximum absolute atomic E-state index is 6.17. The highest BCUT2D eigenvalue weighted by Gasteiger charge is 2.21. The molecule has 0 saturated carbocycles. The molecule has 0 amide bonds. The van der Waals surface area contributed by atoms with E-state index in [1.54, 1.807) is 0 Å². The fourth-order valence-corrected chi connectivity index (χ4v) is 3.35. The molecule has 1 fully saturated rings. The fourth-order valence-electron chi connectivity index (χ4n) is 3.18. The Morgan fingerprint density at radius 1 is 1.23 bits per heavy atom. The molecule has 1 N–H and O–H groups in total. The average Bonchev–Trinajstić information content (AvgIpc) is 2.96. The molecule has 26 heavy (non-hydrogen) atoms. The number of piperazine rings is 1. The number of rotatable bonds is 3. The maximum Gasteiger partial charge on any atom is 0.214 e. The average molecular weight is 376 g/mol. The lowest BCUT2D eigenvalue weighted by Crippen LogP contribution is -2.52. The summed E-state index contributed by atoms with van der Waals surface area (Å²) in [5.41, 5.74) is 3.40. The highest BCUT2D eigenvalue weighted by molar-refractivity contribution is 6.30. The first-order chi connectivity index (χ1) is 12.5. The Hall–Kier alpha value is -2.21. The molecule has 0 unspecified atom stereocenters. The Labute approximate surface area is 159 Å². The van der Waals surface area contributed by atoms with Crippen LogP contribution in [0.2, 0.25) is 5.02 Å². The van der Waals surface area contributed by atoms with Crippen LogP contribution in [0.1, 0.15) is 22.9 Å². The van der Waals surface area contributed by atoms with E-state index in [0.29, 0.717) is 12.4 Å². The number of nitrogens with one attached hydrogen (secondary N) is 1. The van der Waals surface area contributed by atoms with Crippen molar-refractivity contribution in [2.24, 2.45) is 4.99 Å². The first kappa shape index (κ1) is 18.6. The summed E-state index contributed by atoms with van der Waals surface area (Å²) < 4.78 is 5.63. The molecule has 0 atom stereocenters. The third-order valence-corrected chi connectivity index (χ3v) is 5.01. The van der Waals surface area contributed by atoms with Crippen molar-refractivity contribution in [3.63, 3.8) is 0 Å². The molecule has 1 aliphatic heterocycles. The zero-order valence-corrected chi connectivity index (χ0v) is 16.6. The van der Waals surface area contributed by atoms with E-state index in [0.717, 1.165) is 48.6 Å². The summed E-state index contributed by atoms with van der Waals surface area (Å²) in [5, 5.41) is 4.13. The van der Waals surface area contributed by atoms with Gasteiger partial charge in [-0.05, 0) is 38.5 Å². The van der Waals surface area contributed by atoms with Gasteiger partial charge in [-0.3, -0.25) is 4.99 Å². The summed E-state index contributed by atoms with van der Waals surface area (Å²) in [6.07, 6.45) is 0. The first-order valence-electron chi connectivity index (χ1n) is 8.87. The van der Waals surface area contributed by atoms with Gasteiger partial charge in [0.2, 0.25) is 5.89 Å². The molecule has 6 nitrogen and oxygen atoms in total. The van der Waals surface area contributed by atoms with E-state index in [2.05, 4.69) is 38.1 Å². The van der Waals surface area contributed by atoms with Crippen LogP contribution >= 0.6 is 11.6 Å². The summed E-state index contributed by atoms with van der Waals surface area (Å²) in [7, 11) is 1.81. The van der Waals surface area contributed by atoms with Crippen LogP contribution in [-0.2, 0) is 6.54 Å². The Morgan fingerprint density at radius 2 is 1.96 bits per heavy atom. The molecule has 0 aliphatic carbocycles. The lowest BCUT2D eigenvalue weighted by molar-refractivity contribution is 0.368. The van der Waals surface area contributed by atoms with Gasteiger partial charge in [0.05, 0.1) is 12.2 Å². The zero-order chi connectivity index (χ0) is 18.7. The van der Waals surface area contributed by atoms with Crippen LogP contribution in [0.5, 0.6) is 0 Å². The molecule has 0 bridgehead atoms. The minimum atomic E-state index is 0.537. The van der Waals surface area contributed by atoms with Crippen LogP contribution in [0.3, 0.4) is 0 Å². The highest BCUT2D eigenvalue weighted by atomic mass is 35.5. The normalized spacial score (nSPS) is 15.5. The minimum Gasteiger partial charge on any atom is -0.444 e. The molecule has 140 valence electrons.